The number of nitrogens with one attached hydrogen (secondary N) is 1. The second-order valence-corrected chi connectivity index (χ2v) is 4.47. The van der Waals surface area contributed by atoms with Crippen LogP contribution in [0.15, 0.2) is 24.3 Å². The molecule has 0 saturated carbocycles. The first-order valence-corrected chi connectivity index (χ1v) is 5.73. The van der Waals surface area contributed by atoms with Crippen LogP contribution in [0.1, 0.15) is 5.56 Å². The Bertz CT molecular complexity index is 621. The van der Waals surface area contributed by atoms with Gasteiger partial charge in [-0.25, -0.2) is 13.2 Å². The van der Waals surface area contributed by atoms with E-state index >= 15 is 0 Å². The van der Waals surface area contributed by atoms with E-state index in [1.54, 1.807) is 13.0 Å². The molecule has 2 aromatic carbocycles. The van der Waals surface area contributed by atoms with Gasteiger partial charge in [-0.2, -0.15) is 0 Å². The van der Waals surface area contributed by atoms with Crippen LogP contribution in [0.2, 0.25) is 5.02 Å². The van der Waals surface area contributed by atoms with E-state index in [9.17, 15) is 13.2 Å². The first kappa shape index (κ1) is 13.5. The van der Waals surface area contributed by atoms with E-state index in [0.29, 0.717) is 16.4 Å². The zero-order chi connectivity index (χ0) is 14.2. The minimum Gasteiger partial charge on any atom is -0.398 e. The summed E-state index contributed by atoms with van der Waals surface area (Å²) in [6, 6.07) is 4.89. The van der Waals surface area contributed by atoms with E-state index in [-0.39, 0.29) is 5.69 Å². The lowest BCUT2D eigenvalue weighted by Gasteiger charge is -2.12. The normalized spacial score (nSPS) is 10.6. The molecule has 100 valence electrons. The molecule has 0 radical (unpaired) electrons. The van der Waals surface area contributed by atoms with Crippen molar-refractivity contribution in [1.29, 1.82) is 0 Å². The van der Waals surface area contributed by atoms with Crippen LogP contribution in [0.4, 0.5) is 30.2 Å². The van der Waals surface area contributed by atoms with Crippen molar-refractivity contribution in [1.82, 2.24) is 0 Å². The van der Waals surface area contributed by atoms with Gasteiger partial charge in [0.1, 0.15) is 0 Å². The van der Waals surface area contributed by atoms with Crippen molar-refractivity contribution in [3.8, 4) is 0 Å². The standard InChI is InChI=1S/C13H10ClF3N2/c1-6-2-11(18)8(14)5-12(6)19-7-3-9(15)13(17)10(16)4-7/h2-5,19H,18H2,1H3. The highest BCUT2D eigenvalue weighted by atomic mass is 35.5. The lowest BCUT2D eigenvalue weighted by Crippen LogP contribution is -1.99. The van der Waals surface area contributed by atoms with E-state index in [1.165, 1.54) is 6.07 Å². The van der Waals surface area contributed by atoms with Crippen molar-refractivity contribution in [3.05, 3.63) is 52.3 Å². The molecule has 19 heavy (non-hydrogen) atoms. The average Bonchev–Trinajstić information content (AvgIpc) is 2.33. The van der Waals surface area contributed by atoms with Gasteiger partial charge in [0.15, 0.2) is 17.5 Å². The molecule has 0 heterocycles. The third kappa shape index (κ3) is 2.76. The third-order valence-electron chi connectivity index (χ3n) is 2.61. The molecule has 2 aromatic rings. The number of hydrogen-bond donors (Lipinski definition) is 2. The van der Waals surface area contributed by atoms with E-state index < -0.39 is 17.5 Å². The predicted molar refractivity (Wildman–Crippen MR) is 70.2 cm³/mol. The fourth-order valence-corrected chi connectivity index (χ4v) is 1.79. The average molecular weight is 287 g/mol. The Morgan fingerprint density at radius 2 is 1.63 bits per heavy atom. The Morgan fingerprint density at radius 1 is 1.05 bits per heavy atom. The van der Waals surface area contributed by atoms with Crippen LogP contribution in [0.25, 0.3) is 0 Å². The zero-order valence-corrected chi connectivity index (χ0v) is 10.7. The van der Waals surface area contributed by atoms with E-state index in [2.05, 4.69) is 5.32 Å². The number of anilines is 3. The predicted octanol–water partition coefficient (Wildman–Crippen LogP) is 4.39. The second-order valence-electron chi connectivity index (χ2n) is 4.07. The maximum atomic E-state index is 13.1. The Labute approximate surface area is 113 Å². The first-order chi connectivity index (χ1) is 8.88. The van der Waals surface area contributed by atoms with E-state index in [4.69, 9.17) is 17.3 Å². The van der Waals surface area contributed by atoms with Gasteiger partial charge in [-0.1, -0.05) is 11.6 Å². The van der Waals surface area contributed by atoms with Crippen molar-refractivity contribution in [2.24, 2.45) is 0 Å². The van der Waals surface area contributed by atoms with Gasteiger partial charge >= 0.3 is 0 Å². The third-order valence-corrected chi connectivity index (χ3v) is 2.93. The monoisotopic (exact) mass is 286 g/mol. The molecule has 0 amide bonds. The highest BCUT2D eigenvalue weighted by Crippen LogP contribution is 2.29. The molecule has 0 aliphatic carbocycles. The number of nitrogens with two attached hydrogens (primary N) is 1. The number of hydrogen-bond acceptors (Lipinski definition) is 2. The summed E-state index contributed by atoms with van der Waals surface area (Å²) in [4.78, 5) is 0. The molecule has 0 aliphatic heterocycles. The lowest BCUT2D eigenvalue weighted by molar-refractivity contribution is 0.448. The molecule has 3 N–H and O–H groups in total. The summed E-state index contributed by atoms with van der Waals surface area (Å²) in [5.41, 5.74) is 7.38. The summed E-state index contributed by atoms with van der Waals surface area (Å²) in [6.45, 7) is 1.76. The van der Waals surface area contributed by atoms with Crippen LogP contribution in [-0.4, -0.2) is 0 Å². The number of aryl methyl sites for hydroxylation is 1. The number of benzene rings is 2. The maximum Gasteiger partial charge on any atom is 0.194 e. The Hall–Kier alpha value is -1.88. The van der Waals surface area contributed by atoms with Crippen molar-refractivity contribution in [2.45, 2.75) is 6.92 Å². The zero-order valence-electron chi connectivity index (χ0n) is 9.90. The fraction of sp³-hybridized carbons (Fsp3) is 0.0769. The quantitative estimate of drug-likeness (QED) is 0.634. The number of halogens is 4. The summed E-state index contributed by atoms with van der Waals surface area (Å²) < 4.78 is 39.0. The van der Waals surface area contributed by atoms with Crippen LogP contribution in [0.5, 0.6) is 0 Å². The number of rotatable bonds is 2. The molecule has 2 rings (SSSR count). The molecule has 0 saturated heterocycles. The molecule has 0 aliphatic rings. The van der Waals surface area contributed by atoms with Crippen LogP contribution in [-0.2, 0) is 0 Å². The number of nitrogen functional groups attached to an aromatic ring is 1. The largest absolute Gasteiger partial charge is 0.398 e. The first-order valence-electron chi connectivity index (χ1n) is 5.35. The van der Waals surface area contributed by atoms with Crippen LogP contribution in [0, 0.1) is 24.4 Å². The molecular weight excluding hydrogens is 277 g/mol. The van der Waals surface area contributed by atoms with Gasteiger partial charge in [-0.15, -0.1) is 0 Å². The SMILES string of the molecule is Cc1cc(N)c(Cl)cc1Nc1cc(F)c(F)c(F)c1. The van der Waals surface area contributed by atoms with Crippen molar-refractivity contribution in [2.75, 3.05) is 11.1 Å². The molecule has 6 heteroatoms. The Kier molecular flexibility index (Phi) is 3.57. The minimum atomic E-state index is -1.50. The minimum absolute atomic E-state index is 0.0836. The van der Waals surface area contributed by atoms with Gasteiger partial charge < -0.3 is 11.1 Å². The molecule has 2 nitrogen and oxygen atoms in total. The van der Waals surface area contributed by atoms with Crippen LogP contribution < -0.4 is 11.1 Å². The topological polar surface area (TPSA) is 38.0 Å². The molecular formula is C13H10ClF3N2. The van der Waals surface area contributed by atoms with Crippen LogP contribution >= 0.6 is 11.6 Å². The molecule has 0 fully saturated rings. The molecule has 0 atom stereocenters. The summed E-state index contributed by atoms with van der Waals surface area (Å²) in [6.07, 6.45) is 0. The van der Waals surface area contributed by atoms with Crippen molar-refractivity contribution < 1.29 is 13.2 Å². The summed E-state index contributed by atoms with van der Waals surface area (Å²) >= 11 is 5.87. The lowest BCUT2D eigenvalue weighted by atomic mass is 10.1. The highest BCUT2D eigenvalue weighted by Gasteiger charge is 2.11. The molecule has 0 spiro atoms. The van der Waals surface area contributed by atoms with Gasteiger partial charge in [0, 0.05) is 23.5 Å². The second kappa shape index (κ2) is 5.01. The molecule has 0 bridgehead atoms. The fourth-order valence-electron chi connectivity index (χ4n) is 1.62. The van der Waals surface area contributed by atoms with Gasteiger partial charge in [0.25, 0.3) is 0 Å². The van der Waals surface area contributed by atoms with E-state index in [0.717, 1.165) is 17.7 Å². The van der Waals surface area contributed by atoms with Gasteiger partial charge in [-0.3, -0.25) is 0 Å². The molecule has 0 unspecified atom stereocenters. The smallest absolute Gasteiger partial charge is 0.194 e. The Balaban J connectivity index is 2.39. The van der Waals surface area contributed by atoms with Gasteiger partial charge in [0.2, 0.25) is 0 Å². The summed E-state index contributed by atoms with van der Waals surface area (Å²) in [5, 5.41) is 3.08. The Morgan fingerprint density at radius 3 is 2.21 bits per heavy atom. The van der Waals surface area contributed by atoms with E-state index in [1.807, 2.05) is 0 Å². The summed E-state index contributed by atoms with van der Waals surface area (Å²) in [5.74, 6) is -4.03. The maximum absolute atomic E-state index is 13.1. The van der Waals surface area contributed by atoms with Crippen molar-refractivity contribution >= 4 is 28.7 Å². The van der Waals surface area contributed by atoms with Crippen LogP contribution in [0.3, 0.4) is 0 Å². The van der Waals surface area contributed by atoms with Gasteiger partial charge in [0.05, 0.1) is 10.7 Å². The highest BCUT2D eigenvalue weighted by molar-refractivity contribution is 6.33. The molecule has 0 aromatic heterocycles. The van der Waals surface area contributed by atoms with Gasteiger partial charge in [-0.05, 0) is 24.6 Å². The summed E-state index contributed by atoms with van der Waals surface area (Å²) in [7, 11) is 0. The van der Waals surface area contributed by atoms with Crippen molar-refractivity contribution in [3.63, 3.8) is 0 Å².